The van der Waals surface area contributed by atoms with Gasteiger partial charge in [-0.05, 0) is 128 Å². The second-order valence-electron chi connectivity index (χ2n) is 17.6. The van der Waals surface area contributed by atoms with Crippen LogP contribution in [0.2, 0.25) is 5.02 Å². The van der Waals surface area contributed by atoms with Crippen LogP contribution in [0.5, 0.6) is 11.5 Å². The van der Waals surface area contributed by atoms with Gasteiger partial charge in [-0.15, -0.1) is 0 Å². The number of piperazine rings is 1. The van der Waals surface area contributed by atoms with Gasteiger partial charge in [-0.3, -0.25) is 9.69 Å². The van der Waals surface area contributed by atoms with Crippen LogP contribution in [-0.4, -0.2) is 83.4 Å². The van der Waals surface area contributed by atoms with Gasteiger partial charge in [0.05, 0.1) is 22.0 Å². The zero-order valence-electron chi connectivity index (χ0n) is 35.0. The van der Waals surface area contributed by atoms with E-state index in [1.165, 1.54) is 28.8 Å². The van der Waals surface area contributed by atoms with Gasteiger partial charge in [0.15, 0.2) is 0 Å². The molecule has 2 saturated heterocycles. The molecular weight excluding hydrogens is 830 g/mol. The van der Waals surface area contributed by atoms with Gasteiger partial charge >= 0.3 is 0 Å². The van der Waals surface area contributed by atoms with Crippen molar-refractivity contribution in [1.82, 2.24) is 14.6 Å². The van der Waals surface area contributed by atoms with Crippen LogP contribution in [0, 0.1) is 18.3 Å². The third-order valence-corrected chi connectivity index (χ3v) is 15.8. The summed E-state index contributed by atoms with van der Waals surface area (Å²) in [6.07, 6.45) is 6.28. The molecule has 14 heteroatoms. The molecule has 0 saturated carbocycles. The molecule has 0 spiro atoms. The van der Waals surface area contributed by atoms with Crippen molar-refractivity contribution >= 4 is 65.2 Å². The summed E-state index contributed by atoms with van der Waals surface area (Å²) >= 11 is 6.25. The number of ether oxygens (including phenoxy) is 1. The summed E-state index contributed by atoms with van der Waals surface area (Å²) in [5.41, 5.74) is 7.70. The van der Waals surface area contributed by atoms with Crippen LogP contribution in [0.4, 0.5) is 11.4 Å². The molecule has 61 heavy (non-hydrogen) atoms. The number of carbonyl (C=O) groups excluding carboxylic acids is 1. The highest BCUT2D eigenvalue weighted by Gasteiger charge is 2.30. The number of benzene rings is 4. The van der Waals surface area contributed by atoms with Gasteiger partial charge < -0.3 is 19.9 Å². The highest BCUT2D eigenvalue weighted by Crippen LogP contribution is 2.43. The molecule has 1 amide bonds. The Kier molecular flexibility index (Phi) is 12.3. The largest absolute Gasteiger partial charge is 0.456 e. The minimum absolute atomic E-state index is 0.0466. The first-order valence-corrected chi connectivity index (χ1v) is 24.7. The van der Waals surface area contributed by atoms with Crippen molar-refractivity contribution in [2.24, 2.45) is 11.3 Å². The predicted octanol–water partition coefficient (Wildman–Crippen LogP) is 9.06. The molecule has 3 N–H and O–H groups in total. The van der Waals surface area contributed by atoms with E-state index in [4.69, 9.17) is 16.3 Å². The molecular formula is C47H54ClN5O6S2. The first-order chi connectivity index (χ1) is 29.1. The van der Waals surface area contributed by atoms with Gasteiger partial charge in [-0.1, -0.05) is 49.2 Å². The van der Waals surface area contributed by atoms with E-state index < -0.39 is 25.8 Å². The standard InChI is InChI=1S/C47H54ClN5O6S2/c1-32-27-38(12-14-42(32)50-30-33-17-25-60(55,56)26-18-33)61(57,58)51-46(54)40-13-11-37(28-45(40)59-44-6-4-5-43-39(44)16-20-49-43)53-23-21-52(22-24-53)31-35-15-19-47(2,3)29-41(35)34-7-9-36(48)10-8-34/h4-14,16,20,27-28,33,49-50H,15,17-19,21-26,29-31H2,1-3H3,(H,51,54). The molecule has 3 aliphatic rings. The maximum absolute atomic E-state index is 14.0. The highest BCUT2D eigenvalue weighted by molar-refractivity contribution is 7.91. The molecule has 0 radical (unpaired) electrons. The summed E-state index contributed by atoms with van der Waals surface area (Å²) in [6, 6.07) is 25.8. The number of fused-ring (bicyclic) bond motifs is 1. The zero-order chi connectivity index (χ0) is 42.9. The van der Waals surface area contributed by atoms with E-state index in [-0.39, 0.29) is 39.0 Å². The average molecular weight is 885 g/mol. The second kappa shape index (κ2) is 17.5. The van der Waals surface area contributed by atoms with Crippen LogP contribution >= 0.6 is 11.6 Å². The van der Waals surface area contributed by atoms with Crippen molar-refractivity contribution in [3.63, 3.8) is 0 Å². The number of rotatable bonds is 12. The minimum Gasteiger partial charge on any atom is -0.456 e. The third-order valence-electron chi connectivity index (χ3n) is 12.5. The number of nitrogens with one attached hydrogen (secondary N) is 3. The van der Waals surface area contributed by atoms with Gasteiger partial charge in [0.2, 0.25) is 0 Å². The number of hydrogen-bond acceptors (Lipinski definition) is 9. The van der Waals surface area contributed by atoms with Crippen molar-refractivity contribution in [2.45, 2.75) is 57.8 Å². The number of aromatic nitrogens is 1. The lowest BCUT2D eigenvalue weighted by Crippen LogP contribution is -2.47. The topological polar surface area (TPSA) is 141 Å². The monoisotopic (exact) mass is 883 g/mol. The van der Waals surface area contributed by atoms with Crippen molar-refractivity contribution in [3.8, 4) is 11.5 Å². The zero-order valence-corrected chi connectivity index (χ0v) is 37.4. The molecule has 1 aromatic heterocycles. The first-order valence-electron chi connectivity index (χ1n) is 21.1. The summed E-state index contributed by atoms with van der Waals surface area (Å²) in [5.74, 6) is 0.569. The Labute approximate surface area is 364 Å². The number of halogens is 1. The quantitative estimate of drug-likeness (QED) is 0.112. The summed E-state index contributed by atoms with van der Waals surface area (Å²) in [4.78, 5) is 21.9. The SMILES string of the molecule is Cc1cc(S(=O)(=O)NC(=O)c2ccc(N3CCN(CC4=C(c5ccc(Cl)cc5)CC(C)(C)CC4)CC3)cc2Oc2cccc3[nH]ccc23)ccc1NCC1CCS(=O)(=O)CC1. The minimum atomic E-state index is -4.27. The molecule has 0 unspecified atom stereocenters. The number of allylic oxidation sites excluding steroid dienone is 1. The Hall–Kier alpha value is -4.82. The number of H-pyrrole nitrogens is 1. The fourth-order valence-corrected chi connectivity index (χ4v) is 11.5. The number of sulfone groups is 1. The number of aryl methyl sites for hydroxylation is 1. The van der Waals surface area contributed by atoms with E-state index in [1.54, 1.807) is 19.1 Å². The number of sulfonamides is 1. The number of hydrogen-bond donors (Lipinski definition) is 3. The highest BCUT2D eigenvalue weighted by atomic mass is 35.5. The van der Waals surface area contributed by atoms with E-state index >= 15 is 0 Å². The van der Waals surface area contributed by atoms with Crippen molar-refractivity contribution in [3.05, 3.63) is 118 Å². The van der Waals surface area contributed by atoms with Crippen molar-refractivity contribution in [2.75, 3.05) is 61.0 Å². The van der Waals surface area contributed by atoms with Crippen LogP contribution in [0.15, 0.2) is 102 Å². The van der Waals surface area contributed by atoms with Crippen molar-refractivity contribution < 1.29 is 26.4 Å². The molecule has 4 aromatic carbocycles. The summed E-state index contributed by atoms with van der Waals surface area (Å²) in [7, 11) is -7.23. The Bertz CT molecular complexity index is 2670. The summed E-state index contributed by atoms with van der Waals surface area (Å²) in [5, 5.41) is 4.93. The van der Waals surface area contributed by atoms with E-state index in [2.05, 4.69) is 50.8 Å². The Morgan fingerprint density at radius 2 is 1.69 bits per heavy atom. The van der Waals surface area contributed by atoms with Gasteiger partial charge in [-0.2, -0.15) is 0 Å². The van der Waals surface area contributed by atoms with Crippen LogP contribution in [-0.2, 0) is 19.9 Å². The third kappa shape index (κ3) is 10.1. The van der Waals surface area contributed by atoms with Crippen LogP contribution in [0.1, 0.15) is 67.4 Å². The predicted molar refractivity (Wildman–Crippen MR) is 245 cm³/mol. The van der Waals surface area contributed by atoms with Gasteiger partial charge in [0, 0.05) is 78.8 Å². The summed E-state index contributed by atoms with van der Waals surface area (Å²) in [6.45, 7) is 11.3. The Morgan fingerprint density at radius 1 is 0.934 bits per heavy atom. The number of amides is 1. The number of carbonyl (C=O) groups is 1. The fourth-order valence-electron chi connectivity index (χ4n) is 8.78. The molecule has 1 aliphatic carbocycles. The van der Waals surface area contributed by atoms with Gasteiger partial charge in [-0.25, -0.2) is 21.6 Å². The number of nitrogens with zero attached hydrogens (tertiary/aromatic N) is 2. The number of aromatic amines is 1. The molecule has 11 nitrogen and oxygen atoms in total. The lowest BCUT2D eigenvalue weighted by molar-refractivity contribution is 0.0979. The average Bonchev–Trinajstić information content (AvgIpc) is 3.72. The first kappa shape index (κ1) is 42.9. The normalized spacial score (nSPS) is 18.6. The molecule has 0 bridgehead atoms. The summed E-state index contributed by atoms with van der Waals surface area (Å²) < 4.78 is 59.9. The van der Waals surface area contributed by atoms with Crippen LogP contribution in [0.3, 0.4) is 0 Å². The molecule has 2 fully saturated rings. The van der Waals surface area contributed by atoms with Crippen LogP contribution in [0.25, 0.3) is 16.5 Å². The van der Waals surface area contributed by atoms with Gasteiger partial charge in [0.1, 0.15) is 21.3 Å². The van der Waals surface area contributed by atoms with Crippen LogP contribution < -0.4 is 19.7 Å². The molecule has 322 valence electrons. The lowest BCUT2D eigenvalue weighted by atomic mass is 9.72. The maximum Gasteiger partial charge on any atom is 0.268 e. The molecule has 5 aromatic rings. The van der Waals surface area contributed by atoms with Crippen molar-refractivity contribution in [1.29, 1.82) is 0 Å². The maximum atomic E-state index is 14.0. The van der Waals surface area contributed by atoms with E-state index in [0.29, 0.717) is 30.7 Å². The van der Waals surface area contributed by atoms with E-state index in [0.717, 1.165) is 79.3 Å². The second-order valence-corrected chi connectivity index (χ2v) is 22.0. The number of anilines is 2. The molecule has 0 atom stereocenters. The van der Waals surface area contributed by atoms with E-state index in [9.17, 15) is 21.6 Å². The molecule has 2 aliphatic heterocycles. The molecule has 3 heterocycles. The van der Waals surface area contributed by atoms with E-state index in [1.807, 2.05) is 54.7 Å². The lowest BCUT2D eigenvalue weighted by Gasteiger charge is -2.39. The Morgan fingerprint density at radius 3 is 2.43 bits per heavy atom. The smallest absolute Gasteiger partial charge is 0.268 e. The Balaban J connectivity index is 0.983. The fraction of sp³-hybridized carbons (Fsp3) is 0.383. The molecule has 8 rings (SSSR count). The van der Waals surface area contributed by atoms with Gasteiger partial charge in [0.25, 0.3) is 15.9 Å².